The smallest absolute Gasteiger partial charge is 0.261 e. The molecule has 0 fully saturated rings. The van der Waals surface area contributed by atoms with Crippen LogP contribution in [0, 0.1) is 6.92 Å². The SMILES string of the molecule is Cc1cccc2sc3nc(N)[nH]c(=O)c3c12. The Hall–Kier alpha value is -1.88. The van der Waals surface area contributed by atoms with E-state index in [1.807, 2.05) is 25.1 Å². The largest absolute Gasteiger partial charge is 0.369 e. The van der Waals surface area contributed by atoms with Gasteiger partial charge in [-0.15, -0.1) is 11.3 Å². The number of thiophene rings is 1. The van der Waals surface area contributed by atoms with Crippen molar-refractivity contribution in [3.05, 3.63) is 34.1 Å². The molecule has 4 nitrogen and oxygen atoms in total. The van der Waals surface area contributed by atoms with Gasteiger partial charge in [0.1, 0.15) is 4.83 Å². The Labute approximate surface area is 94.7 Å². The molecule has 3 aromatic rings. The van der Waals surface area contributed by atoms with Crippen molar-refractivity contribution in [2.24, 2.45) is 0 Å². The number of aromatic nitrogens is 2. The fourth-order valence-electron chi connectivity index (χ4n) is 1.91. The van der Waals surface area contributed by atoms with Gasteiger partial charge in [-0.2, -0.15) is 0 Å². The molecule has 0 amide bonds. The van der Waals surface area contributed by atoms with Gasteiger partial charge < -0.3 is 5.73 Å². The third-order valence-electron chi connectivity index (χ3n) is 2.60. The summed E-state index contributed by atoms with van der Waals surface area (Å²) in [6.07, 6.45) is 0. The Kier molecular flexibility index (Phi) is 1.79. The fraction of sp³-hybridized carbons (Fsp3) is 0.0909. The predicted molar refractivity (Wildman–Crippen MR) is 66.9 cm³/mol. The second-order valence-electron chi connectivity index (χ2n) is 3.68. The molecule has 0 unspecified atom stereocenters. The van der Waals surface area contributed by atoms with Crippen molar-refractivity contribution in [2.45, 2.75) is 6.92 Å². The number of benzene rings is 1. The number of fused-ring (bicyclic) bond motifs is 3. The molecular weight excluding hydrogens is 222 g/mol. The van der Waals surface area contributed by atoms with Crippen LogP contribution < -0.4 is 11.3 Å². The van der Waals surface area contributed by atoms with E-state index in [9.17, 15) is 4.79 Å². The highest BCUT2D eigenvalue weighted by atomic mass is 32.1. The number of nitrogen functional groups attached to an aromatic ring is 1. The summed E-state index contributed by atoms with van der Waals surface area (Å²) in [5.74, 6) is 0.168. The number of aryl methyl sites for hydroxylation is 1. The molecule has 0 saturated heterocycles. The summed E-state index contributed by atoms with van der Waals surface area (Å²) in [6, 6.07) is 5.96. The van der Waals surface area contributed by atoms with Gasteiger partial charge in [0.05, 0.1) is 5.39 Å². The lowest BCUT2D eigenvalue weighted by Gasteiger charge is -1.95. The van der Waals surface area contributed by atoms with E-state index in [-0.39, 0.29) is 11.5 Å². The summed E-state index contributed by atoms with van der Waals surface area (Å²) >= 11 is 1.49. The van der Waals surface area contributed by atoms with Crippen LogP contribution in [0.4, 0.5) is 5.95 Å². The van der Waals surface area contributed by atoms with Crippen LogP contribution in [0.5, 0.6) is 0 Å². The molecule has 0 atom stereocenters. The molecule has 80 valence electrons. The summed E-state index contributed by atoms with van der Waals surface area (Å²) in [5, 5.41) is 1.63. The van der Waals surface area contributed by atoms with Crippen molar-refractivity contribution in [1.29, 1.82) is 0 Å². The summed E-state index contributed by atoms with van der Waals surface area (Å²) in [6.45, 7) is 1.99. The first-order valence-corrected chi connectivity index (χ1v) is 5.66. The lowest BCUT2D eigenvalue weighted by Crippen LogP contribution is -2.10. The van der Waals surface area contributed by atoms with Gasteiger partial charge in [-0.1, -0.05) is 12.1 Å². The number of H-pyrrole nitrogens is 1. The van der Waals surface area contributed by atoms with Crippen LogP contribution >= 0.6 is 11.3 Å². The quantitative estimate of drug-likeness (QED) is 0.621. The highest BCUT2D eigenvalue weighted by Gasteiger charge is 2.11. The number of hydrogen-bond donors (Lipinski definition) is 2. The Morgan fingerprint density at radius 2 is 2.19 bits per heavy atom. The van der Waals surface area contributed by atoms with E-state index in [0.29, 0.717) is 10.2 Å². The van der Waals surface area contributed by atoms with Gasteiger partial charge in [-0.05, 0) is 18.6 Å². The number of hydrogen-bond acceptors (Lipinski definition) is 4. The van der Waals surface area contributed by atoms with E-state index in [2.05, 4.69) is 9.97 Å². The van der Waals surface area contributed by atoms with Crippen molar-refractivity contribution in [3.63, 3.8) is 0 Å². The van der Waals surface area contributed by atoms with Crippen molar-refractivity contribution in [1.82, 2.24) is 9.97 Å². The normalized spacial score (nSPS) is 11.3. The monoisotopic (exact) mass is 231 g/mol. The number of nitrogens with two attached hydrogens (primary N) is 1. The average Bonchev–Trinajstić information content (AvgIpc) is 2.56. The van der Waals surface area contributed by atoms with Crippen LogP contribution in [0.3, 0.4) is 0 Å². The van der Waals surface area contributed by atoms with E-state index < -0.39 is 0 Å². The summed E-state index contributed by atoms with van der Waals surface area (Å²) < 4.78 is 1.07. The predicted octanol–water partition coefficient (Wildman–Crippen LogP) is 2.03. The molecule has 5 heteroatoms. The molecule has 2 aromatic heterocycles. The van der Waals surface area contributed by atoms with E-state index >= 15 is 0 Å². The molecular formula is C11H9N3OS. The second kappa shape index (κ2) is 3.05. The van der Waals surface area contributed by atoms with Crippen LogP contribution in [0.15, 0.2) is 23.0 Å². The topological polar surface area (TPSA) is 71.8 Å². The van der Waals surface area contributed by atoms with Gasteiger partial charge in [0, 0.05) is 10.1 Å². The number of rotatable bonds is 0. The van der Waals surface area contributed by atoms with Gasteiger partial charge in [0.25, 0.3) is 5.56 Å². The van der Waals surface area contributed by atoms with Crippen molar-refractivity contribution in [2.75, 3.05) is 5.73 Å². The molecule has 0 aliphatic carbocycles. The molecule has 3 rings (SSSR count). The van der Waals surface area contributed by atoms with Crippen molar-refractivity contribution in [3.8, 4) is 0 Å². The lowest BCUT2D eigenvalue weighted by atomic mass is 10.1. The molecule has 0 saturated carbocycles. The molecule has 0 aliphatic rings. The Morgan fingerprint density at radius 3 is 3.00 bits per heavy atom. The first-order valence-electron chi connectivity index (χ1n) is 4.84. The minimum absolute atomic E-state index is 0.164. The minimum Gasteiger partial charge on any atom is -0.369 e. The third kappa shape index (κ3) is 1.15. The van der Waals surface area contributed by atoms with E-state index in [0.717, 1.165) is 15.6 Å². The van der Waals surface area contributed by atoms with Crippen molar-refractivity contribution < 1.29 is 0 Å². The number of nitrogens with one attached hydrogen (secondary N) is 1. The zero-order valence-electron chi connectivity index (χ0n) is 8.57. The molecule has 2 heterocycles. The van der Waals surface area contributed by atoms with Crippen LogP contribution in [0.1, 0.15) is 5.56 Å². The minimum atomic E-state index is -0.164. The van der Waals surface area contributed by atoms with Crippen molar-refractivity contribution >= 4 is 37.6 Å². The van der Waals surface area contributed by atoms with Crippen LogP contribution in [-0.4, -0.2) is 9.97 Å². The van der Waals surface area contributed by atoms with Gasteiger partial charge >= 0.3 is 0 Å². The summed E-state index contributed by atoms with van der Waals surface area (Å²) in [7, 11) is 0. The lowest BCUT2D eigenvalue weighted by molar-refractivity contribution is 1.20. The van der Waals surface area contributed by atoms with Crippen LogP contribution in [0.25, 0.3) is 20.3 Å². The number of anilines is 1. The fourth-order valence-corrected chi connectivity index (χ4v) is 3.07. The molecule has 0 bridgehead atoms. The third-order valence-corrected chi connectivity index (χ3v) is 3.64. The van der Waals surface area contributed by atoms with E-state index in [4.69, 9.17) is 5.73 Å². The molecule has 0 spiro atoms. The van der Waals surface area contributed by atoms with Gasteiger partial charge in [0.15, 0.2) is 0 Å². The van der Waals surface area contributed by atoms with Gasteiger partial charge in [0.2, 0.25) is 5.95 Å². The molecule has 0 aliphatic heterocycles. The van der Waals surface area contributed by atoms with Crippen LogP contribution in [0.2, 0.25) is 0 Å². The van der Waals surface area contributed by atoms with Gasteiger partial charge in [-0.3, -0.25) is 9.78 Å². The number of nitrogens with zero attached hydrogens (tertiary/aromatic N) is 1. The molecule has 16 heavy (non-hydrogen) atoms. The first-order chi connectivity index (χ1) is 7.66. The second-order valence-corrected chi connectivity index (χ2v) is 4.71. The van der Waals surface area contributed by atoms with E-state index in [1.165, 1.54) is 11.3 Å². The summed E-state index contributed by atoms with van der Waals surface area (Å²) in [5.41, 5.74) is 6.44. The average molecular weight is 231 g/mol. The number of aromatic amines is 1. The highest BCUT2D eigenvalue weighted by Crippen LogP contribution is 2.32. The maximum Gasteiger partial charge on any atom is 0.261 e. The zero-order chi connectivity index (χ0) is 11.3. The Balaban J connectivity index is 2.69. The first kappa shape index (κ1) is 9.35. The maximum absolute atomic E-state index is 11.9. The Bertz CT molecular complexity index is 757. The molecule has 0 radical (unpaired) electrons. The van der Waals surface area contributed by atoms with Crippen LogP contribution in [-0.2, 0) is 0 Å². The zero-order valence-corrected chi connectivity index (χ0v) is 9.39. The van der Waals surface area contributed by atoms with E-state index in [1.54, 1.807) is 0 Å². The maximum atomic E-state index is 11.9. The Morgan fingerprint density at radius 1 is 1.38 bits per heavy atom. The van der Waals surface area contributed by atoms with Gasteiger partial charge in [-0.25, -0.2) is 4.98 Å². The highest BCUT2D eigenvalue weighted by molar-refractivity contribution is 7.25. The molecule has 3 N–H and O–H groups in total. The molecule has 1 aromatic carbocycles. The summed E-state index contributed by atoms with van der Waals surface area (Å²) in [4.78, 5) is 19.2. The standard InChI is InChI=1S/C11H9N3OS/c1-5-3-2-4-6-7(5)8-9(15)13-11(12)14-10(8)16-6/h2-4H,1H3,(H3,12,13,14,15).